The summed E-state index contributed by atoms with van der Waals surface area (Å²) >= 11 is 0. The summed E-state index contributed by atoms with van der Waals surface area (Å²) in [6.45, 7) is 3.58. The van der Waals surface area contributed by atoms with Crippen molar-refractivity contribution in [3.05, 3.63) is 23.0 Å². The number of aryl methyl sites for hydroxylation is 1. The van der Waals surface area contributed by atoms with Gasteiger partial charge in [-0.25, -0.2) is 0 Å². The molecule has 1 aromatic heterocycles. The highest BCUT2D eigenvalue weighted by Crippen LogP contribution is 2.24. The Bertz CT molecular complexity index is 488. The molecular formula is C18H29NO4. The van der Waals surface area contributed by atoms with Gasteiger partial charge in [0.2, 0.25) is 0 Å². The summed E-state index contributed by atoms with van der Waals surface area (Å²) in [5.41, 5.74) is 1.37. The van der Waals surface area contributed by atoms with E-state index in [9.17, 15) is 15.0 Å². The Labute approximate surface area is 138 Å². The van der Waals surface area contributed by atoms with Gasteiger partial charge in [0.15, 0.2) is 0 Å². The topological polar surface area (TPSA) is 79.7 Å². The van der Waals surface area contributed by atoms with E-state index in [4.69, 9.17) is 4.74 Å². The van der Waals surface area contributed by atoms with Crippen LogP contribution >= 0.6 is 0 Å². The van der Waals surface area contributed by atoms with Gasteiger partial charge in [-0.15, -0.1) is 0 Å². The van der Waals surface area contributed by atoms with Crippen molar-refractivity contribution in [1.82, 2.24) is 4.98 Å². The summed E-state index contributed by atoms with van der Waals surface area (Å²) in [6.07, 6.45) is 10.0. The lowest BCUT2D eigenvalue weighted by molar-refractivity contribution is -0.145. The second-order valence-electron chi connectivity index (χ2n) is 5.89. The molecule has 5 nitrogen and oxygen atoms in total. The molecule has 0 saturated carbocycles. The molecule has 0 aliphatic heterocycles. The molecule has 2 N–H and O–H groups in total. The van der Waals surface area contributed by atoms with Gasteiger partial charge in [0.05, 0.1) is 12.3 Å². The molecule has 1 heterocycles. The van der Waals surface area contributed by atoms with Gasteiger partial charge in [-0.1, -0.05) is 45.4 Å². The lowest BCUT2D eigenvalue weighted by Crippen LogP contribution is -2.07. The lowest BCUT2D eigenvalue weighted by atomic mass is 10.1. The van der Waals surface area contributed by atoms with Crippen LogP contribution in [0.2, 0.25) is 0 Å². The normalized spacial score (nSPS) is 10.7. The van der Waals surface area contributed by atoms with Crippen LogP contribution in [0.5, 0.6) is 5.75 Å². The molecule has 0 saturated heterocycles. The number of unbranched alkanes of at least 4 members (excludes halogenated alkanes) is 6. The van der Waals surface area contributed by atoms with Crippen molar-refractivity contribution in [1.29, 1.82) is 0 Å². The van der Waals surface area contributed by atoms with Crippen LogP contribution in [0.15, 0.2) is 6.20 Å². The highest BCUT2D eigenvalue weighted by molar-refractivity contribution is 5.69. The zero-order valence-corrected chi connectivity index (χ0v) is 14.3. The average Bonchev–Trinajstić information content (AvgIpc) is 2.55. The van der Waals surface area contributed by atoms with Crippen molar-refractivity contribution in [3.8, 4) is 5.75 Å². The molecule has 0 spiro atoms. The van der Waals surface area contributed by atoms with Crippen LogP contribution in [-0.2, 0) is 22.7 Å². The fraction of sp³-hybridized carbons (Fsp3) is 0.667. The third-order valence-electron chi connectivity index (χ3n) is 3.96. The fourth-order valence-electron chi connectivity index (χ4n) is 2.44. The summed E-state index contributed by atoms with van der Waals surface area (Å²) < 4.78 is 5.21. The maximum atomic E-state index is 11.7. The molecular weight excluding hydrogens is 294 g/mol. The first-order chi connectivity index (χ1) is 11.1. The Kier molecular flexibility index (Phi) is 9.29. The fourth-order valence-corrected chi connectivity index (χ4v) is 2.44. The van der Waals surface area contributed by atoms with Gasteiger partial charge in [0.25, 0.3) is 0 Å². The summed E-state index contributed by atoms with van der Waals surface area (Å²) in [4.78, 5) is 15.8. The maximum absolute atomic E-state index is 11.7. The van der Waals surface area contributed by atoms with E-state index in [-0.39, 0.29) is 24.9 Å². The number of rotatable bonds is 11. The Morgan fingerprint density at radius 2 is 1.83 bits per heavy atom. The minimum absolute atomic E-state index is 0.0338. The molecule has 23 heavy (non-hydrogen) atoms. The Morgan fingerprint density at radius 1 is 1.17 bits per heavy atom. The van der Waals surface area contributed by atoms with Gasteiger partial charge < -0.3 is 14.9 Å². The van der Waals surface area contributed by atoms with Crippen LogP contribution in [0.4, 0.5) is 0 Å². The van der Waals surface area contributed by atoms with Crippen LogP contribution in [0.1, 0.15) is 75.1 Å². The first-order valence-corrected chi connectivity index (χ1v) is 8.53. The Balaban J connectivity index is 2.27. The number of hydrogen-bond donors (Lipinski definition) is 2. The summed E-state index contributed by atoms with van der Waals surface area (Å²) in [5, 5.41) is 19.2. The second-order valence-corrected chi connectivity index (χ2v) is 5.89. The van der Waals surface area contributed by atoms with E-state index < -0.39 is 0 Å². The number of carbonyl (C=O) groups is 1. The number of ether oxygens (including phenoxy) is 1. The molecule has 0 radical (unpaired) electrons. The van der Waals surface area contributed by atoms with Crippen LogP contribution in [0.25, 0.3) is 0 Å². The van der Waals surface area contributed by atoms with Crippen molar-refractivity contribution in [2.45, 2.75) is 78.4 Å². The predicted molar refractivity (Wildman–Crippen MR) is 89.0 cm³/mol. The molecule has 130 valence electrons. The number of aliphatic hydroxyl groups is 1. The number of esters is 1. The van der Waals surface area contributed by atoms with Crippen LogP contribution in [-0.4, -0.2) is 21.2 Å². The van der Waals surface area contributed by atoms with E-state index in [1.165, 1.54) is 31.9 Å². The van der Waals surface area contributed by atoms with E-state index in [1.807, 2.05) is 0 Å². The quantitative estimate of drug-likeness (QED) is 0.478. The van der Waals surface area contributed by atoms with Crippen molar-refractivity contribution in [2.24, 2.45) is 0 Å². The molecule has 0 fully saturated rings. The van der Waals surface area contributed by atoms with Gasteiger partial charge in [-0.2, -0.15) is 0 Å². The molecule has 0 aliphatic rings. The Morgan fingerprint density at radius 3 is 2.48 bits per heavy atom. The Hall–Kier alpha value is -1.62. The molecule has 0 aliphatic carbocycles. The van der Waals surface area contributed by atoms with Crippen molar-refractivity contribution in [3.63, 3.8) is 0 Å². The van der Waals surface area contributed by atoms with E-state index in [2.05, 4.69) is 11.9 Å². The largest absolute Gasteiger partial charge is 0.506 e. The molecule has 0 atom stereocenters. The van der Waals surface area contributed by atoms with E-state index >= 15 is 0 Å². The third-order valence-corrected chi connectivity index (χ3v) is 3.96. The average molecular weight is 323 g/mol. The predicted octanol–water partition coefficient (Wildman–Crippen LogP) is 3.77. The van der Waals surface area contributed by atoms with Gasteiger partial charge >= 0.3 is 5.97 Å². The monoisotopic (exact) mass is 323 g/mol. The molecule has 5 heteroatoms. The van der Waals surface area contributed by atoms with E-state index in [0.29, 0.717) is 23.2 Å². The van der Waals surface area contributed by atoms with Crippen molar-refractivity contribution < 1.29 is 19.7 Å². The van der Waals surface area contributed by atoms with E-state index in [0.717, 1.165) is 19.3 Å². The molecule has 1 rings (SSSR count). The van der Waals surface area contributed by atoms with Gasteiger partial charge in [0, 0.05) is 23.7 Å². The summed E-state index contributed by atoms with van der Waals surface area (Å²) in [5.74, 6) is -0.282. The summed E-state index contributed by atoms with van der Waals surface area (Å²) in [7, 11) is 0. The van der Waals surface area contributed by atoms with E-state index in [1.54, 1.807) is 6.92 Å². The first-order valence-electron chi connectivity index (χ1n) is 8.53. The number of nitrogens with zero attached hydrogens (tertiary/aromatic N) is 1. The minimum Gasteiger partial charge on any atom is -0.506 e. The molecule has 1 aromatic rings. The maximum Gasteiger partial charge on any atom is 0.306 e. The number of aromatic nitrogens is 1. The molecule has 0 bridgehead atoms. The number of aliphatic hydroxyl groups excluding tert-OH is 1. The number of pyridine rings is 1. The number of aromatic hydroxyl groups is 1. The highest BCUT2D eigenvalue weighted by atomic mass is 16.5. The lowest BCUT2D eigenvalue weighted by Gasteiger charge is -2.11. The smallest absolute Gasteiger partial charge is 0.306 e. The summed E-state index contributed by atoms with van der Waals surface area (Å²) in [6, 6.07) is 0. The third kappa shape index (κ3) is 6.99. The number of carbonyl (C=O) groups excluding carboxylic acids is 1. The van der Waals surface area contributed by atoms with Gasteiger partial charge in [-0.3, -0.25) is 9.78 Å². The standard InChI is InChI=1S/C18H29NO4/c1-3-4-5-6-7-8-9-10-17(21)23-13-15-11-19-14(2)18(22)16(15)12-20/h11,20,22H,3-10,12-13H2,1-2H3. The number of hydrogen-bond acceptors (Lipinski definition) is 5. The first kappa shape index (κ1) is 19.4. The van der Waals surface area contributed by atoms with Crippen LogP contribution in [0.3, 0.4) is 0 Å². The second kappa shape index (κ2) is 11.0. The minimum atomic E-state index is -0.306. The SMILES string of the molecule is CCCCCCCCCC(=O)OCc1cnc(C)c(O)c1CO. The zero-order valence-electron chi connectivity index (χ0n) is 14.3. The highest BCUT2D eigenvalue weighted by Gasteiger charge is 2.12. The molecule has 0 unspecified atom stereocenters. The molecule has 0 aromatic carbocycles. The van der Waals surface area contributed by atoms with Crippen molar-refractivity contribution in [2.75, 3.05) is 0 Å². The van der Waals surface area contributed by atoms with Crippen LogP contribution < -0.4 is 0 Å². The van der Waals surface area contributed by atoms with Gasteiger partial charge in [-0.05, 0) is 13.3 Å². The van der Waals surface area contributed by atoms with Gasteiger partial charge in [0.1, 0.15) is 12.4 Å². The van der Waals surface area contributed by atoms with Crippen LogP contribution in [0, 0.1) is 6.92 Å². The molecule has 0 amide bonds. The zero-order chi connectivity index (χ0) is 17.1. The van der Waals surface area contributed by atoms with Crippen molar-refractivity contribution >= 4 is 5.97 Å².